The van der Waals surface area contributed by atoms with Gasteiger partial charge in [0.25, 0.3) is 0 Å². The first-order valence-corrected chi connectivity index (χ1v) is 8.51. The fourth-order valence-corrected chi connectivity index (χ4v) is 3.16. The third-order valence-electron chi connectivity index (χ3n) is 4.80. The van der Waals surface area contributed by atoms with E-state index in [2.05, 4.69) is 20.5 Å². The third-order valence-corrected chi connectivity index (χ3v) is 4.80. The lowest BCUT2D eigenvalue weighted by atomic mass is 9.80. The predicted octanol–water partition coefficient (Wildman–Crippen LogP) is 1.70. The first-order chi connectivity index (χ1) is 11.1. The number of hydrogen-bond donors (Lipinski definition) is 3. The molecule has 23 heavy (non-hydrogen) atoms. The molecule has 1 saturated carbocycles. The van der Waals surface area contributed by atoms with Crippen LogP contribution >= 0.6 is 0 Å². The number of aliphatic hydroxyl groups is 1. The van der Waals surface area contributed by atoms with Crippen molar-refractivity contribution in [1.82, 2.24) is 15.6 Å². The molecule has 3 N–H and O–H groups in total. The summed E-state index contributed by atoms with van der Waals surface area (Å²) in [6, 6.07) is 3.78. The smallest absolute Gasteiger partial charge is 0.315 e. The summed E-state index contributed by atoms with van der Waals surface area (Å²) in [5.74, 6) is 0.987. The van der Waals surface area contributed by atoms with Crippen LogP contribution in [0.4, 0.5) is 10.6 Å². The normalized spacial score (nSPS) is 19.3. The molecule has 0 atom stereocenters. The lowest BCUT2D eigenvalue weighted by molar-refractivity contribution is -0.0290. The van der Waals surface area contributed by atoms with E-state index >= 15 is 0 Å². The number of nitrogens with one attached hydrogen (secondary N) is 2. The number of urea groups is 1. The van der Waals surface area contributed by atoms with Crippen molar-refractivity contribution in [3.63, 3.8) is 0 Å². The van der Waals surface area contributed by atoms with Crippen molar-refractivity contribution in [3.05, 3.63) is 23.4 Å². The van der Waals surface area contributed by atoms with Gasteiger partial charge >= 0.3 is 6.03 Å². The van der Waals surface area contributed by atoms with Gasteiger partial charge in [-0.05, 0) is 45.1 Å². The molecule has 2 amide bonds. The molecule has 0 unspecified atom stereocenters. The number of anilines is 1. The van der Waals surface area contributed by atoms with E-state index in [4.69, 9.17) is 0 Å². The highest BCUT2D eigenvalue weighted by Gasteiger charge is 2.34. The van der Waals surface area contributed by atoms with Crippen LogP contribution in [0, 0.1) is 6.92 Å². The van der Waals surface area contributed by atoms with Gasteiger partial charge in [0.1, 0.15) is 5.82 Å². The van der Waals surface area contributed by atoms with Crippen LogP contribution in [0.1, 0.15) is 43.4 Å². The van der Waals surface area contributed by atoms with Gasteiger partial charge in [-0.25, -0.2) is 9.78 Å². The fraction of sp³-hybridized carbons (Fsp3) is 0.647. The molecule has 126 valence electrons. The van der Waals surface area contributed by atoms with Gasteiger partial charge in [-0.3, -0.25) is 0 Å². The second-order valence-corrected chi connectivity index (χ2v) is 6.74. The Morgan fingerprint density at radius 3 is 2.65 bits per heavy atom. The van der Waals surface area contributed by atoms with Crippen molar-refractivity contribution in [2.75, 3.05) is 24.5 Å². The van der Waals surface area contributed by atoms with Gasteiger partial charge in [0, 0.05) is 37.4 Å². The number of aromatic nitrogens is 1. The average Bonchev–Trinajstić information content (AvgIpc) is 3.04. The van der Waals surface area contributed by atoms with Crippen molar-refractivity contribution in [2.24, 2.45) is 0 Å². The zero-order chi connectivity index (χ0) is 16.3. The van der Waals surface area contributed by atoms with Crippen LogP contribution in [0.15, 0.2) is 12.1 Å². The van der Waals surface area contributed by atoms with E-state index < -0.39 is 5.60 Å². The molecule has 2 fully saturated rings. The number of carbonyl (C=O) groups is 1. The summed E-state index contributed by atoms with van der Waals surface area (Å²) < 4.78 is 0. The topological polar surface area (TPSA) is 77.5 Å². The molecule has 1 aliphatic carbocycles. The highest BCUT2D eigenvalue weighted by molar-refractivity contribution is 5.74. The summed E-state index contributed by atoms with van der Waals surface area (Å²) >= 11 is 0. The third kappa shape index (κ3) is 3.93. The van der Waals surface area contributed by atoms with Crippen molar-refractivity contribution in [2.45, 2.75) is 51.2 Å². The summed E-state index contributed by atoms with van der Waals surface area (Å²) in [4.78, 5) is 18.9. The van der Waals surface area contributed by atoms with Crippen LogP contribution in [0.25, 0.3) is 0 Å². The van der Waals surface area contributed by atoms with Gasteiger partial charge in [-0.2, -0.15) is 0 Å². The highest BCUT2D eigenvalue weighted by Crippen LogP contribution is 2.30. The van der Waals surface area contributed by atoms with E-state index in [0.717, 1.165) is 49.4 Å². The molecule has 2 aliphatic rings. The second-order valence-electron chi connectivity index (χ2n) is 6.74. The molecule has 6 heteroatoms. The Morgan fingerprint density at radius 1 is 1.26 bits per heavy atom. The average molecular weight is 318 g/mol. The summed E-state index contributed by atoms with van der Waals surface area (Å²) in [5.41, 5.74) is 1.34. The Kier molecular flexibility index (Phi) is 4.71. The van der Waals surface area contributed by atoms with Crippen molar-refractivity contribution in [3.8, 4) is 0 Å². The van der Waals surface area contributed by atoms with E-state index in [9.17, 15) is 9.90 Å². The minimum atomic E-state index is -0.691. The summed E-state index contributed by atoms with van der Waals surface area (Å²) in [7, 11) is 0. The Labute approximate surface area is 137 Å². The largest absolute Gasteiger partial charge is 0.388 e. The van der Waals surface area contributed by atoms with Crippen molar-refractivity contribution >= 4 is 11.8 Å². The fourth-order valence-electron chi connectivity index (χ4n) is 3.16. The molecule has 0 radical (unpaired) electrons. The lowest BCUT2D eigenvalue weighted by Crippen LogP contribution is -2.50. The molecule has 6 nitrogen and oxygen atoms in total. The Morgan fingerprint density at radius 2 is 2.00 bits per heavy atom. The molecule has 0 spiro atoms. The molecule has 3 rings (SSSR count). The van der Waals surface area contributed by atoms with Gasteiger partial charge in [0.15, 0.2) is 0 Å². The monoisotopic (exact) mass is 318 g/mol. The quantitative estimate of drug-likeness (QED) is 0.772. The zero-order valence-electron chi connectivity index (χ0n) is 13.8. The summed E-state index contributed by atoms with van der Waals surface area (Å²) in [6.07, 6.45) is 4.97. The number of hydrogen-bond acceptors (Lipinski definition) is 4. The van der Waals surface area contributed by atoms with E-state index in [0.29, 0.717) is 13.1 Å². The molecule has 0 aromatic carbocycles. The summed E-state index contributed by atoms with van der Waals surface area (Å²) in [5, 5.41) is 15.6. The maximum atomic E-state index is 11.9. The van der Waals surface area contributed by atoms with E-state index in [1.807, 2.05) is 19.1 Å². The Bertz CT molecular complexity index is 566. The molecular weight excluding hydrogens is 292 g/mol. The number of carbonyl (C=O) groups excluding carboxylic acids is 1. The van der Waals surface area contributed by atoms with Gasteiger partial charge in [-0.1, -0.05) is 6.07 Å². The molecule has 2 heterocycles. The van der Waals surface area contributed by atoms with Crippen LogP contribution in [-0.4, -0.2) is 41.4 Å². The maximum Gasteiger partial charge on any atom is 0.315 e. The van der Waals surface area contributed by atoms with Crippen LogP contribution in [0.3, 0.4) is 0 Å². The van der Waals surface area contributed by atoms with Gasteiger partial charge in [-0.15, -0.1) is 0 Å². The summed E-state index contributed by atoms with van der Waals surface area (Å²) in [6.45, 7) is 4.82. The van der Waals surface area contributed by atoms with Gasteiger partial charge in [0.05, 0.1) is 5.60 Å². The molecular formula is C17H26N4O2. The number of rotatable bonds is 5. The number of amides is 2. The molecule has 1 saturated heterocycles. The van der Waals surface area contributed by atoms with Crippen LogP contribution in [-0.2, 0) is 6.54 Å². The molecule has 0 bridgehead atoms. The number of nitrogens with zero attached hydrogens (tertiary/aromatic N) is 2. The van der Waals surface area contributed by atoms with Gasteiger partial charge in [0.2, 0.25) is 0 Å². The van der Waals surface area contributed by atoms with E-state index in [-0.39, 0.29) is 6.03 Å². The number of pyridine rings is 1. The van der Waals surface area contributed by atoms with E-state index in [1.165, 1.54) is 12.8 Å². The van der Waals surface area contributed by atoms with Crippen molar-refractivity contribution in [1.29, 1.82) is 0 Å². The minimum Gasteiger partial charge on any atom is -0.388 e. The molecule has 1 aromatic rings. The number of aryl methyl sites for hydroxylation is 1. The minimum absolute atomic E-state index is 0.238. The zero-order valence-corrected chi connectivity index (χ0v) is 13.8. The molecule has 1 aromatic heterocycles. The first-order valence-electron chi connectivity index (χ1n) is 8.51. The maximum absolute atomic E-state index is 11.9. The van der Waals surface area contributed by atoms with E-state index in [1.54, 1.807) is 0 Å². The SMILES string of the molecule is Cc1ccc(CNC(=O)NCC2(O)CCC2)c(N2CCCC2)n1. The highest BCUT2D eigenvalue weighted by atomic mass is 16.3. The van der Waals surface area contributed by atoms with Crippen LogP contribution in [0.2, 0.25) is 0 Å². The second kappa shape index (κ2) is 6.74. The van der Waals surface area contributed by atoms with Crippen LogP contribution < -0.4 is 15.5 Å². The molecule has 1 aliphatic heterocycles. The van der Waals surface area contributed by atoms with Crippen LogP contribution in [0.5, 0.6) is 0 Å². The predicted molar refractivity (Wildman–Crippen MR) is 89.5 cm³/mol. The Balaban J connectivity index is 1.55. The van der Waals surface area contributed by atoms with Gasteiger partial charge < -0.3 is 20.6 Å². The standard InChI is InChI=1S/C17H26N4O2/c1-13-5-6-14(15(20-13)21-9-2-3-10-21)11-18-16(22)19-12-17(23)7-4-8-17/h5-6,23H,2-4,7-12H2,1H3,(H2,18,19,22). The Hall–Kier alpha value is -1.82. The van der Waals surface area contributed by atoms with Crippen molar-refractivity contribution < 1.29 is 9.90 Å². The first kappa shape index (κ1) is 16.1. The lowest BCUT2D eigenvalue weighted by Gasteiger charge is -2.36.